The van der Waals surface area contributed by atoms with Crippen LogP contribution in [0.4, 0.5) is 11.5 Å². The van der Waals surface area contributed by atoms with Gasteiger partial charge in [0.25, 0.3) is 5.91 Å². The van der Waals surface area contributed by atoms with E-state index in [2.05, 4.69) is 27.5 Å². The van der Waals surface area contributed by atoms with E-state index < -0.39 is 0 Å². The molecular weight excluding hydrogens is 252 g/mol. The number of aromatic nitrogens is 2. The van der Waals surface area contributed by atoms with E-state index in [1.54, 1.807) is 12.4 Å². The number of hydrogen-bond acceptors (Lipinski definition) is 4. The lowest BCUT2D eigenvalue weighted by molar-refractivity contribution is 0.102. The highest BCUT2D eigenvalue weighted by molar-refractivity contribution is 6.07. The van der Waals surface area contributed by atoms with Gasteiger partial charge in [0.15, 0.2) is 5.82 Å². The van der Waals surface area contributed by atoms with E-state index in [4.69, 9.17) is 0 Å². The molecule has 5 heteroatoms. The van der Waals surface area contributed by atoms with Crippen LogP contribution >= 0.6 is 0 Å². The van der Waals surface area contributed by atoms with Crippen LogP contribution in [0, 0.1) is 6.92 Å². The predicted molar refractivity (Wildman–Crippen MR) is 79.9 cm³/mol. The van der Waals surface area contributed by atoms with Gasteiger partial charge in [-0.25, -0.2) is 4.98 Å². The lowest BCUT2D eigenvalue weighted by Gasteiger charge is -2.12. The van der Waals surface area contributed by atoms with Crippen LogP contribution < -0.4 is 10.6 Å². The lowest BCUT2D eigenvalue weighted by atomic mass is 10.1. The Bertz CT molecular complexity index is 584. The molecule has 0 fully saturated rings. The van der Waals surface area contributed by atoms with Gasteiger partial charge in [0, 0.05) is 24.6 Å². The molecule has 0 bridgehead atoms. The first kappa shape index (κ1) is 14.0. The van der Waals surface area contributed by atoms with Crippen LogP contribution in [0.1, 0.15) is 29.3 Å². The molecule has 0 atom stereocenters. The van der Waals surface area contributed by atoms with Gasteiger partial charge >= 0.3 is 0 Å². The number of nitrogens with one attached hydrogen (secondary N) is 2. The van der Waals surface area contributed by atoms with Gasteiger partial charge in [-0.15, -0.1) is 0 Å². The summed E-state index contributed by atoms with van der Waals surface area (Å²) >= 11 is 0. The molecule has 5 nitrogen and oxygen atoms in total. The standard InChI is InChI=1S/C15H18N4O/c1-3-6-17-13-5-4-11(2)9-12(13)15(20)19-14-10-16-7-8-18-14/h4-5,7-10,17H,3,6H2,1-2H3,(H,18,19,20). The first-order chi connectivity index (χ1) is 9.70. The summed E-state index contributed by atoms with van der Waals surface area (Å²) in [7, 11) is 0. The summed E-state index contributed by atoms with van der Waals surface area (Å²) in [5.74, 6) is 0.258. The second-order valence-corrected chi connectivity index (χ2v) is 4.52. The third kappa shape index (κ3) is 3.54. The maximum absolute atomic E-state index is 12.3. The van der Waals surface area contributed by atoms with Crippen molar-refractivity contribution < 1.29 is 4.79 Å². The van der Waals surface area contributed by atoms with Crippen molar-refractivity contribution in [1.29, 1.82) is 0 Å². The average Bonchev–Trinajstić information content (AvgIpc) is 2.47. The van der Waals surface area contributed by atoms with Gasteiger partial charge in [-0.1, -0.05) is 18.6 Å². The minimum absolute atomic E-state index is 0.187. The molecule has 0 spiro atoms. The molecule has 1 amide bonds. The van der Waals surface area contributed by atoms with Crippen LogP contribution in [-0.4, -0.2) is 22.4 Å². The second kappa shape index (κ2) is 6.65. The normalized spacial score (nSPS) is 10.1. The molecule has 1 heterocycles. The smallest absolute Gasteiger partial charge is 0.258 e. The maximum atomic E-state index is 12.3. The minimum Gasteiger partial charge on any atom is -0.384 e. The van der Waals surface area contributed by atoms with Gasteiger partial charge in [-0.3, -0.25) is 9.78 Å². The van der Waals surface area contributed by atoms with Gasteiger partial charge in [-0.05, 0) is 25.5 Å². The van der Waals surface area contributed by atoms with E-state index >= 15 is 0 Å². The van der Waals surface area contributed by atoms with Crippen LogP contribution in [0.15, 0.2) is 36.8 Å². The van der Waals surface area contributed by atoms with E-state index in [0.717, 1.165) is 24.2 Å². The summed E-state index contributed by atoms with van der Waals surface area (Å²) in [5, 5.41) is 6.01. The van der Waals surface area contributed by atoms with E-state index in [-0.39, 0.29) is 5.91 Å². The van der Waals surface area contributed by atoms with Crippen molar-refractivity contribution in [3.63, 3.8) is 0 Å². The highest BCUT2D eigenvalue weighted by Gasteiger charge is 2.12. The van der Waals surface area contributed by atoms with Gasteiger partial charge in [-0.2, -0.15) is 0 Å². The van der Waals surface area contributed by atoms with Crippen molar-refractivity contribution in [1.82, 2.24) is 9.97 Å². The molecule has 0 saturated carbocycles. The van der Waals surface area contributed by atoms with E-state index in [9.17, 15) is 4.79 Å². The number of carbonyl (C=O) groups is 1. The molecule has 2 N–H and O–H groups in total. The molecule has 2 rings (SSSR count). The second-order valence-electron chi connectivity index (χ2n) is 4.52. The fourth-order valence-corrected chi connectivity index (χ4v) is 1.81. The molecule has 1 aromatic heterocycles. The van der Waals surface area contributed by atoms with Crippen molar-refractivity contribution in [3.8, 4) is 0 Å². The summed E-state index contributed by atoms with van der Waals surface area (Å²) in [6.07, 6.45) is 5.63. The molecule has 0 aliphatic heterocycles. The zero-order valence-electron chi connectivity index (χ0n) is 11.7. The third-order valence-electron chi connectivity index (χ3n) is 2.79. The molecule has 2 aromatic rings. The molecule has 0 aliphatic rings. The SMILES string of the molecule is CCCNc1ccc(C)cc1C(=O)Nc1cnccn1. The van der Waals surface area contributed by atoms with Crippen LogP contribution in [0.25, 0.3) is 0 Å². The number of amides is 1. The minimum atomic E-state index is -0.187. The molecule has 20 heavy (non-hydrogen) atoms. The van der Waals surface area contributed by atoms with Crippen LogP contribution in [0.3, 0.4) is 0 Å². The van der Waals surface area contributed by atoms with Crippen molar-refractivity contribution in [2.45, 2.75) is 20.3 Å². The first-order valence-electron chi connectivity index (χ1n) is 6.62. The van der Waals surface area contributed by atoms with Gasteiger partial charge in [0.2, 0.25) is 0 Å². The third-order valence-corrected chi connectivity index (χ3v) is 2.79. The lowest BCUT2D eigenvalue weighted by Crippen LogP contribution is -2.16. The molecule has 1 aromatic carbocycles. The fourth-order valence-electron chi connectivity index (χ4n) is 1.81. The largest absolute Gasteiger partial charge is 0.384 e. The summed E-state index contributed by atoms with van der Waals surface area (Å²) in [6.45, 7) is 4.87. The van der Waals surface area contributed by atoms with Gasteiger partial charge < -0.3 is 10.6 Å². The van der Waals surface area contributed by atoms with E-state index in [0.29, 0.717) is 11.4 Å². The van der Waals surface area contributed by atoms with Crippen LogP contribution in [0.2, 0.25) is 0 Å². The molecule has 0 radical (unpaired) electrons. The number of benzene rings is 1. The van der Waals surface area contributed by atoms with E-state index in [1.165, 1.54) is 6.20 Å². The number of carbonyl (C=O) groups excluding carboxylic acids is 1. The zero-order chi connectivity index (χ0) is 14.4. The number of aryl methyl sites for hydroxylation is 1. The molecule has 0 aliphatic carbocycles. The Morgan fingerprint density at radius 1 is 1.30 bits per heavy atom. The topological polar surface area (TPSA) is 66.9 Å². The van der Waals surface area contributed by atoms with Gasteiger partial charge in [0.05, 0.1) is 11.8 Å². The zero-order valence-corrected chi connectivity index (χ0v) is 11.7. The van der Waals surface area contributed by atoms with Crippen molar-refractivity contribution in [2.24, 2.45) is 0 Å². The maximum Gasteiger partial charge on any atom is 0.258 e. The Kier molecular flexibility index (Phi) is 4.65. The van der Waals surface area contributed by atoms with E-state index in [1.807, 2.05) is 25.1 Å². The number of nitrogens with zero attached hydrogens (tertiary/aromatic N) is 2. The summed E-state index contributed by atoms with van der Waals surface area (Å²) in [4.78, 5) is 20.3. The summed E-state index contributed by atoms with van der Waals surface area (Å²) in [6, 6.07) is 5.78. The monoisotopic (exact) mass is 270 g/mol. The number of rotatable bonds is 5. The highest BCUT2D eigenvalue weighted by atomic mass is 16.1. The van der Waals surface area contributed by atoms with Crippen molar-refractivity contribution in [3.05, 3.63) is 47.9 Å². The Balaban J connectivity index is 2.21. The Morgan fingerprint density at radius 2 is 2.15 bits per heavy atom. The van der Waals surface area contributed by atoms with Crippen LogP contribution in [0.5, 0.6) is 0 Å². The first-order valence-corrected chi connectivity index (χ1v) is 6.62. The molecule has 104 valence electrons. The quantitative estimate of drug-likeness (QED) is 0.876. The number of anilines is 2. The Hall–Kier alpha value is -2.43. The Labute approximate surface area is 118 Å². The number of hydrogen-bond donors (Lipinski definition) is 2. The fraction of sp³-hybridized carbons (Fsp3) is 0.267. The molecule has 0 saturated heterocycles. The van der Waals surface area contributed by atoms with Gasteiger partial charge in [0.1, 0.15) is 0 Å². The summed E-state index contributed by atoms with van der Waals surface area (Å²) in [5.41, 5.74) is 2.49. The highest BCUT2D eigenvalue weighted by Crippen LogP contribution is 2.18. The molecule has 0 unspecified atom stereocenters. The van der Waals surface area contributed by atoms with Crippen LogP contribution in [-0.2, 0) is 0 Å². The van der Waals surface area contributed by atoms with Crippen molar-refractivity contribution >= 4 is 17.4 Å². The summed E-state index contributed by atoms with van der Waals surface area (Å²) < 4.78 is 0. The molecular formula is C15H18N4O. The predicted octanol–water partition coefficient (Wildman–Crippen LogP) is 2.86. The average molecular weight is 270 g/mol. The Morgan fingerprint density at radius 3 is 2.85 bits per heavy atom. The van der Waals surface area contributed by atoms with Crippen molar-refractivity contribution in [2.75, 3.05) is 17.2 Å².